The van der Waals surface area contributed by atoms with Crippen molar-refractivity contribution in [3.8, 4) is 0 Å². The molecule has 1 rings (SSSR count). The van der Waals surface area contributed by atoms with Crippen molar-refractivity contribution in [3.05, 3.63) is 17.5 Å². The number of aromatic nitrogens is 2. The van der Waals surface area contributed by atoms with E-state index in [-0.39, 0.29) is 6.54 Å². The van der Waals surface area contributed by atoms with Gasteiger partial charge in [-0.1, -0.05) is 0 Å². The van der Waals surface area contributed by atoms with Gasteiger partial charge >= 0.3 is 5.97 Å². The molecular formula is C8H13N3O2. The molecule has 1 atom stereocenters. The zero-order valence-electron chi connectivity index (χ0n) is 7.69. The minimum Gasteiger partial charge on any atom is -0.481 e. The van der Waals surface area contributed by atoms with Crippen LogP contribution in [0.4, 0.5) is 0 Å². The maximum absolute atomic E-state index is 10.8. The lowest BCUT2D eigenvalue weighted by Crippen LogP contribution is -2.23. The number of aryl methyl sites for hydroxylation is 2. The molecule has 0 saturated heterocycles. The third kappa shape index (κ3) is 1.86. The van der Waals surface area contributed by atoms with Crippen LogP contribution >= 0.6 is 0 Å². The summed E-state index contributed by atoms with van der Waals surface area (Å²) in [7, 11) is 1.72. The first-order valence-corrected chi connectivity index (χ1v) is 3.99. The van der Waals surface area contributed by atoms with Crippen molar-refractivity contribution in [2.24, 2.45) is 12.8 Å². The van der Waals surface area contributed by atoms with Crippen molar-refractivity contribution in [1.29, 1.82) is 0 Å². The Hall–Kier alpha value is -1.36. The third-order valence-corrected chi connectivity index (χ3v) is 1.93. The highest BCUT2D eigenvalue weighted by Crippen LogP contribution is 2.14. The van der Waals surface area contributed by atoms with Crippen LogP contribution in [0.5, 0.6) is 0 Å². The second-order valence-corrected chi connectivity index (χ2v) is 2.96. The van der Waals surface area contributed by atoms with E-state index in [1.165, 1.54) is 0 Å². The maximum Gasteiger partial charge on any atom is 0.313 e. The Morgan fingerprint density at radius 3 is 2.77 bits per heavy atom. The van der Waals surface area contributed by atoms with Gasteiger partial charge < -0.3 is 10.8 Å². The van der Waals surface area contributed by atoms with Gasteiger partial charge in [-0.05, 0) is 13.0 Å². The van der Waals surface area contributed by atoms with Crippen molar-refractivity contribution < 1.29 is 9.90 Å². The molecule has 0 aromatic carbocycles. The SMILES string of the molecule is Cc1cc(C(CN)C(=O)O)n(C)n1. The molecule has 72 valence electrons. The number of carboxylic acids is 1. The smallest absolute Gasteiger partial charge is 0.313 e. The fraction of sp³-hybridized carbons (Fsp3) is 0.500. The summed E-state index contributed by atoms with van der Waals surface area (Å²) in [6, 6.07) is 1.74. The van der Waals surface area contributed by atoms with Crippen LogP contribution in [-0.4, -0.2) is 27.4 Å². The first kappa shape index (κ1) is 9.73. The molecule has 0 spiro atoms. The molecule has 1 heterocycles. The van der Waals surface area contributed by atoms with E-state index in [9.17, 15) is 4.79 Å². The molecule has 0 radical (unpaired) electrons. The topological polar surface area (TPSA) is 81.1 Å². The molecule has 0 amide bonds. The van der Waals surface area contributed by atoms with Crippen molar-refractivity contribution >= 4 is 5.97 Å². The molecule has 1 aromatic heterocycles. The zero-order valence-corrected chi connectivity index (χ0v) is 7.69. The number of nitrogens with zero attached hydrogens (tertiary/aromatic N) is 2. The minimum absolute atomic E-state index is 0.0916. The Morgan fingerprint density at radius 2 is 2.46 bits per heavy atom. The standard InChI is InChI=1S/C8H13N3O2/c1-5-3-7(11(2)10-5)6(4-9)8(12)13/h3,6H,4,9H2,1-2H3,(H,12,13). The van der Waals surface area contributed by atoms with E-state index in [4.69, 9.17) is 10.8 Å². The monoisotopic (exact) mass is 183 g/mol. The second-order valence-electron chi connectivity index (χ2n) is 2.96. The molecule has 0 saturated carbocycles. The molecule has 13 heavy (non-hydrogen) atoms. The van der Waals surface area contributed by atoms with Crippen molar-refractivity contribution in [2.75, 3.05) is 6.54 Å². The number of rotatable bonds is 3. The maximum atomic E-state index is 10.8. The Bertz CT molecular complexity index is 319. The summed E-state index contributed by atoms with van der Waals surface area (Å²) in [5.41, 5.74) is 6.81. The van der Waals surface area contributed by atoms with Crippen LogP contribution in [0.3, 0.4) is 0 Å². The molecule has 1 aromatic rings. The van der Waals surface area contributed by atoms with Crippen LogP contribution < -0.4 is 5.73 Å². The van der Waals surface area contributed by atoms with E-state index in [0.29, 0.717) is 5.69 Å². The van der Waals surface area contributed by atoms with E-state index in [0.717, 1.165) is 5.69 Å². The zero-order chi connectivity index (χ0) is 10.0. The molecule has 3 N–H and O–H groups in total. The number of carbonyl (C=O) groups is 1. The summed E-state index contributed by atoms with van der Waals surface area (Å²) < 4.78 is 1.56. The van der Waals surface area contributed by atoms with Crippen LogP contribution in [-0.2, 0) is 11.8 Å². The van der Waals surface area contributed by atoms with Gasteiger partial charge in [0, 0.05) is 13.6 Å². The van der Waals surface area contributed by atoms with E-state index in [2.05, 4.69) is 5.10 Å². The van der Waals surface area contributed by atoms with Gasteiger partial charge in [0.1, 0.15) is 5.92 Å². The van der Waals surface area contributed by atoms with Gasteiger partial charge in [-0.3, -0.25) is 9.48 Å². The van der Waals surface area contributed by atoms with Crippen LogP contribution in [0, 0.1) is 6.92 Å². The number of hydrogen-bond donors (Lipinski definition) is 2. The van der Waals surface area contributed by atoms with Gasteiger partial charge in [0.25, 0.3) is 0 Å². The summed E-state index contributed by atoms with van der Waals surface area (Å²) in [5.74, 6) is -1.57. The van der Waals surface area contributed by atoms with Crippen molar-refractivity contribution in [1.82, 2.24) is 9.78 Å². The van der Waals surface area contributed by atoms with E-state index in [1.54, 1.807) is 17.8 Å². The summed E-state index contributed by atoms with van der Waals surface area (Å²) in [5, 5.41) is 12.9. The Kier molecular flexibility index (Phi) is 2.67. The van der Waals surface area contributed by atoms with Gasteiger partial charge in [0.2, 0.25) is 0 Å². The first-order chi connectivity index (χ1) is 6.06. The fourth-order valence-electron chi connectivity index (χ4n) is 1.30. The van der Waals surface area contributed by atoms with Crippen LogP contribution in [0.1, 0.15) is 17.3 Å². The first-order valence-electron chi connectivity index (χ1n) is 3.99. The lowest BCUT2D eigenvalue weighted by atomic mass is 10.1. The van der Waals surface area contributed by atoms with Gasteiger partial charge in [-0.15, -0.1) is 0 Å². The molecule has 0 bridgehead atoms. The number of nitrogens with two attached hydrogens (primary N) is 1. The average molecular weight is 183 g/mol. The van der Waals surface area contributed by atoms with Gasteiger partial charge in [0.15, 0.2) is 0 Å². The predicted octanol–water partition coefficient (Wildman–Crippen LogP) is -0.145. The molecule has 0 fully saturated rings. The second kappa shape index (κ2) is 3.57. The largest absolute Gasteiger partial charge is 0.481 e. The number of aliphatic carboxylic acids is 1. The van der Waals surface area contributed by atoms with E-state index >= 15 is 0 Å². The summed E-state index contributed by atoms with van der Waals surface area (Å²) >= 11 is 0. The average Bonchev–Trinajstić information content (AvgIpc) is 2.31. The fourth-order valence-corrected chi connectivity index (χ4v) is 1.30. The molecule has 0 aliphatic heterocycles. The van der Waals surface area contributed by atoms with E-state index < -0.39 is 11.9 Å². The van der Waals surface area contributed by atoms with E-state index in [1.807, 2.05) is 6.92 Å². The third-order valence-electron chi connectivity index (χ3n) is 1.93. The predicted molar refractivity (Wildman–Crippen MR) is 47.4 cm³/mol. The van der Waals surface area contributed by atoms with Gasteiger partial charge in [0.05, 0.1) is 11.4 Å². The highest BCUT2D eigenvalue weighted by molar-refractivity contribution is 5.75. The highest BCUT2D eigenvalue weighted by Gasteiger charge is 2.21. The Balaban J connectivity index is 3.04. The Morgan fingerprint density at radius 1 is 1.85 bits per heavy atom. The summed E-state index contributed by atoms with van der Waals surface area (Å²) in [6.45, 7) is 1.91. The van der Waals surface area contributed by atoms with Crippen LogP contribution in [0.2, 0.25) is 0 Å². The normalized spacial score (nSPS) is 12.8. The van der Waals surface area contributed by atoms with Gasteiger partial charge in [-0.25, -0.2) is 0 Å². The lowest BCUT2D eigenvalue weighted by Gasteiger charge is -2.08. The minimum atomic E-state index is -0.912. The molecule has 5 nitrogen and oxygen atoms in total. The van der Waals surface area contributed by atoms with Crippen molar-refractivity contribution in [3.63, 3.8) is 0 Å². The summed E-state index contributed by atoms with van der Waals surface area (Å²) in [6.07, 6.45) is 0. The molecule has 0 aliphatic carbocycles. The van der Waals surface area contributed by atoms with Crippen molar-refractivity contribution in [2.45, 2.75) is 12.8 Å². The molecule has 0 aliphatic rings. The molecule has 5 heteroatoms. The summed E-state index contributed by atoms with van der Waals surface area (Å²) in [4.78, 5) is 10.8. The molecular weight excluding hydrogens is 170 g/mol. The van der Waals surface area contributed by atoms with Gasteiger partial charge in [-0.2, -0.15) is 5.10 Å². The highest BCUT2D eigenvalue weighted by atomic mass is 16.4. The quantitative estimate of drug-likeness (QED) is 0.683. The molecule has 1 unspecified atom stereocenters. The van der Waals surface area contributed by atoms with Crippen LogP contribution in [0.25, 0.3) is 0 Å². The Labute approximate surface area is 76.2 Å². The lowest BCUT2D eigenvalue weighted by molar-refractivity contribution is -0.138. The number of carboxylic acid groups (broad SMARTS) is 1. The van der Waals surface area contributed by atoms with Crippen LogP contribution in [0.15, 0.2) is 6.07 Å². The number of hydrogen-bond acceptors (Lipinski definition) is 3.